The number of sulfonamides is 1. The third kappa shape index (κ3) is 4.80. The summed E-state index contributed by atoms with van der Waals surface area (Å²) in [7, 11) is -2.06. The van der Waals surface area contributed by atoms with Crippen LogP contribution in [-0.2, 0) is 10.0 Å². The summed E-state index contributed by atoms with van der Waals surface area (Å²) in [5.41, 5.74) is 0.683. The van der Waals surface area contributed by atoms with Crippen LogP contribution in [0.25, 0.3) is 0 Å². The highest BCUT2D eigenvalue weighted by Gasteiger charge is 2.24. The number of hydrogen-bond acceptors (Lipinski definition) is 5. The quantitative estimate of drug-likeness (QED) is 0.638. The maximum Gasteiger partial charge on any atom is 0.261 e. The lowest BCUT2D eigenvalue weighted by Crippen LogP contribution is -2.41. The molecule has 0 aliphatic carbocycles. The van der Waals surface area contributed by atoms with Gasteiger partial charge in [-0.2, -0.15) is 0 Å². The van der Waals surface area contributed by atoms with E-state index in [2.05, 4.69) is 4.72 Å². The molecule has 1 aliphatic heterocycles. The van der Waals surface area contributed by atoms with Crippen LogP contribution >= 0.6 is 0 Å². The number of carbonyl (C=O) groups excluding carboxylic acids is 1. The Morgan fingerprint density at radius 3 is 2.48 bits per heavy atom. The second-order valence-corrected chi connectivity index (χ2v) is 8.87. The summed E-state index contributed by atoms with van der Waals surface area (Å²) in [6.45, 7) is 0.665. The Balaban J connectivity index is 1.43. The molecule has 4 rings (SSSR count). The number of likely N-dealkylation sites (N-methyl/N-ethyl adjacent to an activating group) is 1. The van der Waals surface area contributed by atoms with Gasteiger partial charge in [0.25, 0.3) is 15.9 Å². The van der Waals surface area contributed by atoms with Gasteiger partial charge >= 0.3 is 0 Å². The lowest BCUT2D eigenvalue weighted by atomic mass is 10.1. The van der Waals surface area contributed by atoms with E-state index < -0.39 is 10.0 Å². The van der Waals surface area contributed by atoms with Crippen LogP contribution in [0.2, 0.25) is 0 Å². The average molecular weight is 439 g/mol. The Kier molecular flexibility index (Phi) is 5.81. The number of nitrogens with one attached hydrogen (secondary N) is 1. The molecular weight excluding hydrogens is 416 g/mol. The number of hydrogen-bond donors (Lipinski definition) is 1. The van der Waals surface area contributed by atoms with Crippen molar-refractivity contribution >= 4 is 21.6 Å². The van der Waals surface area contributed by atoms with Gasteiger partial charge in [0.15, 0.2) is 17.6 Å². The van der Waals surface area contributed by atoms with E-state index in [9.17, 15) is 13.2 Å². The monoisotopic (exact) mass is 438 g/mol. The molecule has 7 nitrogen and oxygen atoms in total. The van der Waals surface area contributed by atoms with Gasteiger partial charge in [-0.3, -0.25) is 9.52 Å². The van der Waals surface area contributed by atoms with E-state index in [0.29, 0.717) is 35.9 Å². The fourth-order valence-corrected chi connectivity index (χ4v) is 4.36. The lowest BCUT2D eigenvalue weighted by Gasteiger charge is -2.29. The van der Waals surface area contributed by atoms with Crippen LogP contribution in [0.1, 0.15) is 10.4 Å². The van der Waals surface area contributed by atoms with Crippen molar-refractivity contribution in [2.75, 3.05) is 24.9 Å². The second kappa shape index (κ2) is 8.69. The Bertz CT molecular complexity index is 1180. The van der Waals surface area contributed by atoms with Gasteiger partial charge in [0.05, 0.1) is 11.4 Å². The van der Waals surface area contributed by atoms with Crippen molar-refractivity contribution in [2.24, 2.45) is 0 Å². The van der Waals surface area contributed by atoms with Crippen LogP contribution in [0.15, 0.2) is 83.8 Å². The Hall–Kier alpha value is -3.52. The van der Waals surface area contributed by atoms with E-state index in [-0.39, 0.29) is 16.9 Å². The molecule has 0 fully saturated rings. The molecule has 0 radical (unpaired) electrons. The van der Waals surface area contributed by atoms with Crippen molar-refractivity contribution in [1.29, 1.82) is 0 Å². The van der Waals surface area contributed by atoms with Crippen LogP contribution in [0.3, 0.4) is 0 Å². The zero-order valence-electron chi connectivity index (χ0n) is 16.9. The number of carbonyl (C=O) groups is 1. The van der Waals surface area contributed by atoms with Crippen LogP contribution in [0, 0.1) is 0 Å². The topological polar surface area (TPSA) is 84.9 Å². The van der Waals surface area contributed by atoms with Gasteiger partial charge in [-0.25, -0.2) is 8.42 Å². The van der Waals surface area contributed by atoms with Crippen molar-refractivity contribution in [1.82, 2.24) is 4.90 Å². The van der Waals surface area contributed by atoms with Gasteiger partial charge in [0.2, 0.25) is 0 Å². The van der Waals surface area contributed by atoms with Gasteiger partial charge in [-0.1, -0.05) is 36.4 Å². The van der Waals surface area contributed by atoms with E-state index in [0.717, 1.165) is 0 Å². The number of fused-ring (bicyclic) bond motifs is 1. The highest BCUT2D eigenvalue weighted by atomic mass is 32.2. The molecule has 3 aromatic rings. The number of anilines is 1. The number of benzene rings is 3. The van der Waals surface area contributed by atoms with Crippen molar-refractivity contribution in [3.8, 4) is 11.5 Å². The minimum absolute atomic E-state index is 0.151. The molecule has 1 heterocycles. The molecule has 31 heavy (non-hydrogen) atoms. The third-order valence-electron chi connectivity index (χ3n) is 4.81. The van der Waals surface area contributed by atoms with Crippen molar-refractivity contribution in [3.05, 3.63) is 84.4 Å². The van der Waals surface area contributed by atoms with E-state index in [1.807, 2.05) is 24.3 Å². The van der Waals surface area contributed by atoms with E-state index >= 15 is 0 Å². The molecule has 1 N–H and O–H groups in total. The van der Waals surface area contributed by atoms with Crippen molar-refractivity contribution < 1.29 is 22.7 Å². The lowest BCUT2D eigenvalue weighted by molar-refractivity contribution is 0.0521. The second-order valence-electron chi connectivity index (χ2n) is 7.18. The first-order valence-corrected chi connectivity index (χ1v) is 11.2. The fraction of sp³-hybridized carbons (Fsp3) is 0.174. The van der Waals surface area contributed by atoms with Crippen molar-refractivity contribution in [2.45, 2.75) is 11.0 Å². The highest BCUT2D eigenvalue weighted by Crippen LogP contribution is 2.31. The number of para-hydroxylation sites is 2. The molecule has 0 aromatic heterocycles. The number of rotatable bonds is 6. The van der Waals surface area contributed by atoms with E-state index in [4.69, 9.17) is 9.47 Å². The minimum atomic E-state index is -3.74. The number of ether oxygens (including phenoxy) is 2. The standard InChI is InChI=1S/C23H22N2O5S/c1-25(15-19-16-29-21-12-5-6-13-22(21)30-19)23(26)17-8-7-9-18(14-17)24-31(27,28)20-10-3-2-4-11-20/h2-14,19,24H,15-16H2,1H3/t19-/m0/s1. The first-order chi connectivity index (χ1) is 14.9. The maximum absolute atomic E-state index is 12.9. The number of nitrogens with zero attached hydrogens (tertiary/aromatic N) is 1. The predicted octanol–water partition coefficient (Wildman–Crippen LogP) is 3.40. The zero-order chi connectivity index (χ0) is 21.8. The average Bonchev–Trinajstić information content (AvgIpc) is 2.79. The SMILES string of the molecule is CN(C[C@H]1COc2ccccc2O1)C(=O)c1cccc(NS(=O)(=O)c2ccccc2)c1. The first-order valence-electron chi connectivity index (χ1n) is 9.74. The van der Waals surface area contributed by atoms with E-state index in [1.165, 1.54) is 23.1 Å². The molecule has 160 valence electrons. The molecule has 0 saturated carbocycles. The van der Waals surface area contributed by atoms with Gasteiger partial charge in [-0.15, -0.1) is 0 Å². The third-order valence-corrected chi connectivity index (χ3v) is 6.20. The summed E-state index contributed by atoms with van der Waals surface area (Å²) in [6, 6.07) is 21.9. The molecule has 0 unspecified atom stereocenters. The number of amides is 1. The van der Waals surface area contributed by atoms with Gasteiger partial charge in [0.1, 0.15) is 6.61 Å². The zero-order valence-corrected chi connectivity index (χ0v) is 17.7. The summed E-state index contributed by atoms with van der Waals surface area (Å²) < 4.78 is 39.2. The summed E-state index contributed by atoms with van der Waals surface area (Å²) >= 11 is 0. The molecule has 1 aliphatic rings. The van der Waals surface area contributed by atoms with Crippen molar-refractivity contribution in [3.63, 3.8) is 0 Å². The minimum Gasteiger partial charge on any atom is -0.486 e. The van der Waals surface area contributed by atoms with Crippen LogP contribution in [-0.4, -0.2) is 45.5 Å². The summed E-state index contributed by atoms with van der Waals surface area (Å²) in [5.74, 6) is 1.09. The molecule has 1 atom stereocenters. The summed E-state index contributed by atoms with van der Waals surface area (Å²) in [6.07, 6.45) is -0.302. The summed E-state index contributed by atoms with van der Waals surface area (Å²) in [4.78, 5) is 14.6. The molecule has 0 spiro atoms. The normalized spacial score (nSPS) is 15.2. The Morgan fingerprint density at radius 1 is 1.00 bits per heavy atom. The summed E-state index contributed by atoms with van der Waals surface area (Å²) in [5, 5.41) is 0. The molecule has 1 amide bonds. The predicted molar refractivity (Wildman–Crippen MR) is 117 cm³/mol. The van der Waals surface area contributed by atoms with Gasteiger partial charge < -0.3 is 14.4 Å². The highest BCUT2D eigenvalue weighted by molar-refractivity contribution is 7.92. The molecule has 0 saturated heterocycles. The van der Waals surface area contributed by atoms with Crippen LogP contribution in [0.4, 0.5) is 5.69 Å². The first kappa shape index (κ1) is 20.7. The largest absolute Gasteiger partial charge is 0.486 e. The van der Waals surface area contributed by atoms with Gasteiger partial charge in [0, 0.05) is 18.3 Å². The molecule has 3 aromatic carbocycles. The maximum atomic E-state index is 12.9. The van der Waals surface area contributed by atoms with E-state index in [1.54, 1.807) is 43.4 Å². The molecular formula is C23H22N2O5S. The Morgan fingerprint density at radius 2 is 1.71 bits per heavy atom. The van der Waals surface area contributed by atoms with Crippen LogP contribution < -0.4 is 14.2 Å². The molecule has 8 heteroatoms. The molecule has 0 bridgehead atoms. The smallest absolute Gasteiger partial charge is 0.261 e. The van der Waals surface area contributed by atoms with Crippen LogP contribution in [0.5, 0.6) is 11.5 Å². The fourth-order valence-electron chi connectivity index (χ4n) is 3.29. The Labute approximate surface area is 181 Å². The van der Waals surface area contributed by atoms with Gasteiger partial charge in [-0.05, 0) is 42.5 Å².